The number of ether oxygens (including phenoxy) is 1. The van der Waals surface area contributed by atoms with Crippen LogP contribution >= 0.6 is 23.4 Å². The van der Waals surface area contributed by atoms with Crippen LogP contribution in [0.2, 0.25) is 5.02 Å². The molecule has 2 aromatic carbocycles. The van der Waals surface area contributed by atoms with Gasteiger partial charge in [-0.2, -0.15) is 0 Å². The summed E-state index contributed by atoms with van der Waals surface area (Å²) in [5.41, 5.74) is 1.16. The molecule has 8 heteroatoms. The number of carbonyl (C=O) groups excluding carboxylic acids is 3. The Bertz CT molecular complexity index is 959. The molecule has 1 aliphatic heterocycles. The molecule has 0 atom stereocenters. The van der Waals surface area contributed by atoms with Gasteiger partial charge >= 0.3 is 5.97 Å². The largest absolute Gasteiger partial charge is 0.427 e. The van der Waals surface area contributed by atoms with E-state index in [1.807, 2.05) is 0 Å². The standard InChI is InChI=1S/C19H13ClFNO4S/c1-11(23)26-15-6-2-12(3-7-15)8-17-18(24)22(19(25)27-17)10-13-4-5-14(21)9-16(13)20/h2-9H,10H2,1H3/b17-8-. The molecular weight excluding hydrogens is 393 g/mol. The lowest BCUT2D eigenvalue weighted by molar-refractivity contribution is -0.131. The molecule has 138 valence electrons. The second kappa shape index (κ2) is 7.94. The zero-order valence-corrected chi connectivity index (χ0v) is 15.6. The Labute approximate surface area is 163 Å². The molecular formula is C19H13ClFNO4S. The monoisotopic (exact) mass is 405 g/mol. The molecule has 1 saturated heterocycles. The van der Waals surface area contributed by atoms with E-state index in [1.54, 1.807) is 30.3 Å². The predicted molar refractivity (Wildman–Crippen MR) is 101 cm³/mol. The van der Waals surface area contributed by atoms with Crippen LogP contribution in [0, 0.1) is 5.82 Å². The molecule has 5 nitrogen and oxygen atoms in total. The Kier molecular flexibility index (Phi) is 5.62. The van der Waals surface area contributed by atoms with Crippen molar-refractivity contribution in [3.05, 3.63) is 69.3 Å². The average molecular weight is 406 g/mol. The first kappa shape index (κ1) is 19.1. The van der Waals surface area contributed by atoms with Crippen molar-refractivity contribution in [2.75, 3.05) is 0 Å². The van der Waals surface area contributed by atoms with Gasteiger partial charge in [-0.3, -0.25) is 19.3 Å². The summed E-state index contributed by atoms with van der Waals surface area (Å²) in [7, 11) is 0. The van der Waals surface area contributed by atoms with Crippen LogP contribution in [0.3, 0.4) is 0 Å². The fraction of sp³-hybridized carbons (Fsp3) is 0.105. The van der Waals surface area contributed by atoms with Crippen molar-refractivity contribution in [3.8, 4) is 5.75 Å². The molecule has 2 aromatic rings. The highest BCUT2D eigenvalue weighted by molar-refractivity contribution is 8.18. The lowest BCUT2D eigenvalue weighted by Crippen LogP contribution is -2.27. The highest BCUT2D eigenvalue weighted by atomic mass is 35.5. The summed E-state index contributed by atoms with van der Waals surface area (Å²) in [5, 5.41) is -0.276. The van der Waals surface area contributed by atoms with Crippen LogP contribution in [0.15, 0.2) is 47.4 Å². The maximum atomic E-state index is 13.1. The van der Waals surface area contributed by atoms with Crippen molar-refractivity contribution in [2.45, 2.75) is 13.5 Å². The second-order valence-electron chi connectivity index (χ2n) is 5.67. The van der Waals surface area contributed by atoms with E-state index < -0.39 is 22.9 Å². The number of imide groups is 1. The van der Waals surface area contributed by atoms with Gasteiger partial charge in [0.2, 0.25) is 0 Å². The van der Waals surface area contributed by atoms with Crippen molar-refractivity contribution in [1.29, 1.82) is 0 Å². The quantitative estimate of drug-likeness (QED) is 0.421. The number of benzene rings is 2. The first-order valence-corrected chi connectivity index (χ1v) is 9.01. The van der Waals surface area contributed by atoms with Crippen LogP contribution in [0.4, 0.5) is 9.18 Å². The summed E-state index contributed by atoms with van der Waals surface area (Å²) in [6.07, 6.45) is 1.58. The van der Waals surface area contributed by atoms with Crippen LogP contribution in [0.25, 0.3) is 6.08 Å². The third kappa shape index (κ3) is 4.56. The predicted octanol–water partition coefficient (Wildman–Crippen LogP) is 4.64. The number of halogens is 2. The van der Waals surface area contributed by atoms with E-state index in [0.29, 0.717) is 16.9 Å². The summed E-state index contributed by atoms with van der Waals surface area (Å²) in [6.45, 7) is 1.27. The molecule has 0 radical (unpaired) electrons. The fourth-order valence-corrected chi connectivity index (χ4v) is 3.47. The number of nitrogens with zero attached hydrogens (tertiary/aromatic N) is 1. The van der Waals surface area contributed by atoms with Crippen LogP contribution in [-0.4, -0.2) is 22.0 Å². The summed E-state index contributed by atoms with van der Waals surface area (Å²) < 4.78 is 18.1. The minimum absolute atomic E-state index is 0.0352. The van der Waals surface area contributed by atoms with Gasteiger partial charge in [-0.25, -0.2) is 4.39 Å². The highest BCUT2D eigenvalue weighted by Gasteiger charge is 2.35. The molecule has 2 amide bonds. The van der Waals surface area contributed by atoms with Gasteiger partial charge in [-0.15, -0.1) is 0 Å². The zero-order valence-electron chi connectivity index (χ0n) is 14.1. The molecule has 27 heavy (non-hydrogen) atoms. The summed E-state index contributed by atoms with van der Waals surface area (Å²) in [4.78, 5) is 37.0. The minimum atomic E-state index is -0.491. The van der Waals surface area contributed by atoms with Crippen LogP contribution in [0.5, 0.6) is 5.75 Å². The Balaban J connectivity index is 1.77. The van der Waals surface area contributed by atoms with Gasteiger partial charge in [-0.05, 0) is 53.2 Å². The molecule has 0 bridgehead atoms. The normalized spacial score (nSPS) is 15.5. The number of hydrogen-bond acceptors (Lipinski definition) is 5. The number of hydrogen-bond donors (Lipinski definition) is 0. The van der Waals surface area contributed by atoms with Crippen molar-refractivity contribution in [1.82, 2.24) is 4.90 Å². The van der Waals surface area contributed by atoms with Crippen molar-refractivity contribution in [3.63, 3.8) is 0 Å². The second-order valence-corrected chi connectivity index (χ2v) is 7.07. The molecule has 0 spiro atoms. The molecule has 0 unspecified atom stereocenters. The maximum absolute atomic E-state index is 13.1. The van der Waals surface area contributed by atoms with Crippen LogP contribution < -0.4 is 4.74 Å². The topological polar surface area (TPSA) is 63.7 Å². The fourth-order valence-electron chi connectivity index (χ4n) is 2.41. The lowest BCUT2D eigenvalue weighted by Gasteiger charge is -2.13. The van der Waals surface area contributed by atoms with E-state index in [2.05, 4.69) is 0 Å². The molecule has 0 aliphatic carbocycles. The average Bonchev–Trinajstić information content (AvgIpc) is 2.86. The summed E-state index contributed by atoms with van der Waals surface area (Å²) in [6, 6.07) is 10.3. The smallest absolute Gasteiger partial charge is 0.308 e. The van der Waals surface area contributed by atoms with Gasteiger partial charge in [0.1, 0.15) is 11.6 Å². The number of esters is 1. The van der Waals surface area contributed by atoms with Gasteiger partial charge in [0.05, 0.1) is 11.4 Å². The maximum Gasteiger partial charge on any atom is 0.308 e. The molecule has 1 fully saturated rings. The molecule has 1 aliphatic rings. The van der Waals surface area contributed by atoms with Crippen molar-refractivity contribution in [2.24, 2.45) is 0 Å². The van der Waals surface area contributed by atoms with Gasteiger partial charge in [0, 0.05) is 11.9 Å². The molecule has 3 rings (SSSR count). The molecule has 0 saturated carbocycles. The molecule has 1 heterocycles. The SMILES string of the molecule is CC(=O)Oc1ccc(/C=C2\SC(=O)N(Cc3ccc(F)cc3Cl)C2=O)cc1. The van der Waals surface area contributed by atoms with Gasteiger partial charge in [0.25, 0.3) is 11.1 Å². The van der Waals surface area contributed by atoms with Crippen LogP contribution in [-0.2, 0) is 16.1 Å². The van der Waals surface area contributed by atoms with Crippen molar-refractivity contribution >= 4 is 46.6 Å². The summed E-state index contributed by atoms with van der Waals surface area (Å²) in [5.74, 6) is -0.980. The van der Waals surface area contributed by atoms with Crippen LogP contribution in [0.1, 0.15) is 18.1 Å². The molecule has 0 N–H and O–H groups in total. The zero-order chi connectivity index (χ0) is 19.6. The number of carbonyl (C=O) groups is 3. The van der Waals surface area contributed by atoms with E-state index in [-0.39, 0.29) is 16.5 Å². The minimum Gasteiger partial charge on any atom is -0.427 e. The lowest BCUT2D eigenvalue weighted by atomic mass is 10.2. The third-order valence-electron chi connectivity index (χ3n) is 3.66. The number of thioether (sulfide) groups is 1. The Morgan fingerprint density at radius 3 is 2.56 bits per heavy atom. The van der Waals surface area contributed by atoms with E-state index in [9.17, 15) is 18.8 Å². The summed E-state index contributed by atoms with van der Waals surface area (Å²) >= 11 is 6.79. The van der Waals surface area contributed by atoms with Gasteiger partial charge in [-0.1, -0.05) is 29.8 Å². The van der Waals surface area contributed by atoms with E-state index in [4.69, 9.17) is 16.3 Å². The van der Waals surface area contributed by atoms with Gasteiger partial charge < -0.3 is 4.74 Å². The highest BCUT2D eigenvalue weighted by Crippen LogP contribution is 2.34. The first-order valence-electron chi connectivity index (χ1n) is 7.81. The third-order valence-corrected chi connectivity index (χ3v) is 4.92. The molecule has 0 aromatic heterocycles. The van der Waals surface area contributed by atoms with E-state index >= 15 is 0 Å². The van der Waals surface area contributed by atoms with Crippen molar-refractivity contribution < 1.29 is 23.5 Å². The van der Waals surface area contributed by atoms with E-state index in [0.717, 1.165) is 22.7 Å². The van der Waals surface area contributed by atoms with Gasteiger partial charge in [0.15, 0.2) is 0 Å². The number of amides is 2. The Morgan fingerprint density at radius 1 is 1.22 bits per heavy atom. The number of rotatable bonds is 4. The Morgan fingerprint density at radius 2 is 1.93 bits per heavy atom. The van der Waals surface area contributed by atoms with E-state index in [1.165, 1.54) is 19.1 Å². The first-order chi connectivity index (χ1) is 12.8. The Hall–Kier alpha value is -2.64.